The van der Waals surface area contributed by atoms with Crippen LogP contribution in [0.3, 0.4) is 0 Å². The lowest BCUT2D eigenvalue weighted by atomic mass is 10.3. The van der Waals surface area contributed by atoms with Crippen LogP contribution in [0.1, 0.15) is 20.8 Å². The van der Waals surface area contributed by atoms with Crippen LogP contribution in [0.25, 0.3) is 0 Å². The molecule has 0 atom stereocenters. The smallest absolute Gasteiger partial charge is 0.221 e. The lowest BCUT2D eigenvalue weighted by molar-refractivity contribution is -0.133. The first-order valence-corrected chi connectivity index (χ1v) is 8.06. The van der Waals surface area contributed by atoms with Crippen LogP contribution in [0.15, 0.2) is 0 Å². The number of rotatable bonds is 4. The van der Waals surface area contributed by atoms with Gasteiger partial charge in [0.2, 0.25) is 5.91 Å². The molecule has 0 spiro atoms. The summed E-state index contributed by atoms with van der Waals surface area (Å²) in [6, 6.07) is 0.217. The first-order valence-electron chi connectivity index (χ1n) is 4.65. The van der Waals surface area contributed by atoms with Crippen LogP contribution < -0.4 is 0 Å². The highest BCUT2D eigenvalue weighted by molar-refractivity contribution is 6.69. The summed E-state index contributed by atoms with van der Waals surface area (Å²) in [5.41, 5.74) is 0. The molecule has 0 rings (SSSR count). The second-order valence-corrected chi connectivity index (χ2v) is 8.98. The van der Waals surface area contributed by atoms with Crippen molar-refractivity contribution in [3.63, 3.8) is 0 Å². The molecule has 4 heteroatoms. The molecule has 0 aliphatic heterocycles. The molecule has 0 heterocycles. The predicted octanol–water partition coefficient (Wildman–Crippen LogP) is 2.05. The average Bonchev–Trinajstić information content (AvgIpc) is 1.82. The molecule has 0 aromatic heterocycles. The summed E-state index contributed by atoms with van der Waals surface area (Å²) in [7, 11) is -1.51. The Balaban J connectivity index is 4.06. The number of nitrogens with zero attached hydrogens (tertiary/aromatic N) is 1. The van der Waals surface area contributed by atoms with Gasteiger partial charge in [-0.2, -0.15) is 0 Å². The summed E-state index contributed by atoms with van der Waals surface area (Å²) in [6.45, 7) is 12.4. The van der Waals surface area contributed by atoms with Crippen molar-refractivity contribution in [1.82, 2.24) is 4.90 Å². The Morgan fingerprint density at radius 2 is 1.85 bits per heavy atom. The predicted molar refractivity (Wildman–Crippen MR) is 57.0 cm³/mol. The maximum absolute atomic E-state index is 11.2. The van der Waals surface area contributed by atoms with Gasteiger partial charge in [-0.1, -0.05) is 0 Å². The van der Waals surface area contributed by atoms with E-state index in [-0.39, 0.29) is 11.9 Å². The summed E-state index contributed by atoms with van der Waals surface area (Å²) in [5.74, 6) is 0.0771. The minimum atomic E-state index is -1.51. The highest BCUT2D eigenvalue weighted by Crippen LogP contribution is 2.06. The minimum absolute atomic E-state index is 0.0771. The maximum atomic E-state index is 11.2. The van der Waals surface area contributed by atoms with E-state index < -0.39 is 8.32 Å². The van der Waals surface area contributed by atoms with Crippen molar-refractivity contribution in [3.05, 3.63) is 0 Å². The highest BCUT2D eigenvalue weighted by Gasteiger charge is 2.18. The molecule has 3 nitrogen and oxygen atoms in total. The molecule has 0 aromatic rings. The second kappa shape index (κ2) is 4.76. The SMILES string of the molecule is CC(=O)N(CO[Si](C)(C)C)C(C)C. The monoisotopic (exact) mass is 203 g/mol. The fraction of sp³-hybridized carbons (Fsp3) is 0.889. The van der Waals surface area contributed by atoms with Crippen molar-refractivity contribution in [2.45, 2.75) is 46.5 Å². The summed E-state index contributed by atoms with van der Waals surface area (Å²) in [4.78, 5) is 12.9. The van der Waals surface area contributed by atoms with Crippen molar-refractivity contribution in [3.8, 4) is 0 Å². The van der Waals surface area contributed by atoms with Gasteiger partial charge < -0.3 is 9.33 Å². The molecular weight excluding hydrogens is 182 g/mol. The van der Waals surface area contributed by atoms with Gasteiger partial charge in [0.25, 0.3) is 0 Å². The van der Waals surface area contributed by atoms with Crippen molar-refractivity contribution >= 4 is 14.2 Å². The van der Waals surface area contributed by atoms with E-state index in [9.17, 15) is 4.79 Å². The van der Waals surface area contributed by atoms with Crippen LogP contribution in [0.4, 0.5) is 0 Å². The van der Waals surface area contributed by atoms with Gasteiger partial charge in [-0.15, -0.1) is 0 Å². The van der Waals surface area contributed by atoms with Gasteiger partial charge in [0.05, 0.1) is 0 Å². The standard InChI is InChI=1S/C9H21NO2Si/c1-8(2)10(9(3)11)7-12-13(4,5)6/h8H,7H2,1-6H3. The van der Waals surface area contributed by atoms with Crippen LogP contribution in [-0.4, -0.2) is 31.9 Å². The number of carbonyl (C=O) groups excluding carboxylic acids is 1. The van der Waals surface area contributed by atoms with Gasteiger partial charge in [0.1, 0.15) is 6.73 Å². The molecule has 0 unspecified atom stereocenters. The zero-order valence-electron chi connectivity index (χ0n) is 9.55. The Bertz CT molecular complexity index is 175. The van der Waals surface area contributed by atoms with Gasteiger partial charge in [-0.3, -0.25) is 4.79 Å². The Kier molecular flexibility index (Phi) is 4.63. The molecule has 13 heavy (non-hydrogen) atoms. The van der Waals surface area contributed by atoms with E-state index in [1.165, 1.54) is 0 Å². The molecule has 78 valence electrons. The largest absolute Gasteiger partial charge is 0.400 e. The van der Waals surface area contributed by atoms with Gasteiger partial charge >= 0.3 is 0 Å². The van der Waals surface area contributed by atoms with E-state index in [1.54, 1.807) is 11.8 Å². The molecule has 0 saturated carbocycles. The van der Waals surface area contributed by atoms with E-state index >= 15 is 0 Å². The van der Waals surface area contributed by atoms with Gasteiger partial charge in [0.15, 0.2) is 8.32 Å². The Hall–Kier alpha value is -0.353. The fourth-order valence-corrected chi connectivity index (χ4v) is 1.39. The molecule has 0 bridgehead atoms. The summed E-state index contributed by atoms with van der Waals surface area (Å²) in [6.07, 6.45) is 0. The van der Waals surface area contributed by atoms with E-state index in [1.807, 2.05) is 13.8 Å². The zero-order valence-corrected chi connectivity index (χ0v) is 10.5. The topological polar surface area (TPSA) is 29.5 Å². The maximum Gasteiger partial charge on any atom is 0.221 e. The number of hydrogen-bond donors (Lipinski definition) is 0. The van der Waals surface area contributed by atoms with Crippen molar-refractivity contribution in [1.29, 1.82) is 0 Å². The van der Waals surface area contributed by atoms with Crippen molar-refractivity contribution in [2.24, 2.45) is 0 Å². The quantitative estimate of drug-likeness (QED) is 0.517. The first kappa shape index (κ1) is 12.6. The van der Waals surface area contributed by atoms with E-state index in [4.69, 9.17) is 4.43 Å². The summed E-state index contributed by atoms with van der Waals surface area (Å²) >= 11 is 0. The highest BCUT2D eigenvalue weighted by atomic mass is 28.4. The Labute approximate surface area is 82.2 Å². The van der Waals surface area contributed by atoms with Crippen LogP contribution >= 0.6 is 0 Å². The number of hydrogen-bond acceptors (Lipinski definition) is 2. The van der Waals surface area contributed by atoms with Crippen LogP contribution in [-0.2, 0) is 9.22 Å². The second-order valence-electron chi connectivity index (χ2n) is 4.47. The summed E-state index contributed by atoms with van der Waals surface area (Å²) in [5, 5.41) is 0. The lowest BCUT2D eigenvalue weighted by Gasteiger charge is -2.28. The Morgan fingerprint density at radius 1 is 1.38 bits per heavy atom. The summed E-state index contributed by atoms with van der Waals surface area (Å²) < 4.78 is 5.66. The van der Waals surface area contributed by atoms with E-state index in [2.05, 4.69) is 19.6 Å². The molecular formula is C9H21NO2Si. The number of amides is 1. The molecule has 0 radical (unpaired) electrons. The molecule has 0 N–H and O–H groups in total. The fourth-order valence-electron chi connectivity index (χ4n) is 0.867. The third-order valence-corrected chi connectivity index (χ3v) is 2.66. The van der Waals surface area contributed by atoms with Crippen LogP contribution in [0.5, 0.6) is 0 Å². The minimum Gasteiger partial charge on any atom is -0.400 e. The third-order valence-electron chi connectivity index (χ3n) is 1.66. The van der Waals surface area contributed by atoms with Crippen molar-refractivity contribution in [2.75, 3.05) is 6.73 Å². The van der Waals surface area contributed by atoms with Crippen LogP contribution in [0.2, 0.25) is 19.6 Å². The van der Waals surface area contributed by atoms with Gasteiger partial charge in [0, 0.05) is 13.0 Å². The zero-order chi connectivity index (χ0) is 10.6. The molecule has 0 aliphatic rings. The normalized spacial score (nSPS) is 11.9. The molecule has 0 aliphatic carbocycles. The van der Waals surface area contributed by atoms with Gasteiger partial charge in [-0.25, -0.2) is 0 Å². The first-order chi connectivity index (χ1) is 5.74. The molecule has 0 saturated heterocycles. The lowest BCUT2D eigenvalue weighted by Crippen LogP contribution is -2.41. The van der Waals surface area contributed by atoms with Crippen LogP contribution in [0, 0.1) is 0 Å². The van der Waals surface area contributed by atoms with Crippen molar-refractivity contribution < 1.29 is 9.22 Å². The van der Waals surface area contributed by atoms with E-state index in [0.717, 1.165) is 0 Å². The average molecular weight is 203 g/mol. The molecule has 1 amide bonds. The van der Waals surface area contributed by atoms with Gasteiger partial charge in [-0.05, 0) is 33.5 Å². The molecule has 0 aromatic carbocycles. The number of carbonyl (C=O) groups is 1. The third kappa shape index (κ3) is 5.82. The van der Waals surface area contributed by atoms with E-state index in [0.29, 0.717) is 6.73 Å². The Morgan fingerprint density at radius 3 is 2.08 bits per heavy atom. The molecule has 0 fully saturated rings.